The number of rotatable bonds is 9. The number of hydrogen-bond donors (Lipinski definition) is 1. The normalized spacial score (nSPS) is 12.2. The molecule has 196 valence electrons. The molecule has 0 fully saturated rings. The zero-order valence-corrected chi connectivity index (χ0v) is 23.0. The zero-order valence-electron chi connectivity index (χ0n) is 22.3. The van der Waals surface area contributed by atoms with Crippen molar-refractivity contribution in [2.45, 2.75) is 58.2 Å². The van der Waals surface area contributed by atoms with Gasteiger partial charge in [0.15, 0.2) is 0 Å². The SMILES string of the molecule is CC(C)(C)NC(=O)[C@@H](Cc1ccccc1)N(Cc1ccccc1Cl)C(=O)CCc1cccc2ccccc12. The van der Waals surface area contributed by atoms with Crippen molar-refractivity contribution in [2.24, 2.45) is 0 Å². The van der Waals surface area contributed by atoms with E-state index in [-0.39, 0.29) is 24.8 Å². The molecule has 38 heavy (non-hydrogen) atoms. The third-order valence-corrected chi connectivity index (χ3v) is 6.92. The van der Waals surface area contributed by atoms with Gasteiger partial charge in [0, 0.05) is 29.9 Å². The van der Waals surface area contributed by atoms with Gasteiger partial charge in [0.05, 0.1) is 0 Å². The molecule has 0 unspecified atom stereocenters. The molecular formula is C33H35ClN2O2. The highest BCUT2D eigenvalue weighted by molar-refractivity contribution is 6.31. The first-order chi connectivity index (χ1) is 18.2. The minimum absolute atomic E-state index is 0.0807. The minimum atomic E-state index is -0.687. The summed E-state index contributed by atoms with van der Waals surface area (Å²) < 4.78 is 0. The standard InChI is InChI=1S/C33H35ClN2O2/c1-33(2,3)35-32(38)30(22-24-12-5-4-6-13-24)36(23-27-15-8-10-19-29(27)34)31(37)21-20-26-17-11-16-25-14-7-9-18-28(25)26/h4-19,30H,20-23H2,1-3H3,(H,35,38)/t30-/m1/s1. The van der Waals surface area contributed by atoms with Crippen LogP contribution in [-0.2, 0) is 29.0 Å². The van der Waals surface area contributed by atoms with E-state index in [1.165, 1.54) is 0 Å². The van der Waals surface area contributed by atoms with E-state index in [1.54, 1.807) is 4.90 Å². The van der Waals surface area contributed by atoms with Crippen LogP contribution in [0, 0.1) is 0 Å². The fraction of sp³-hybridized carbons (Fsp3) is 0.273. The van der Waals surface area contributed by atoms with Crippen LogP contribution < -0.4 is 5.32 Å². The predicted molar refractivity (Wildman–Crippen MR) is 156 cm³/mol. The van der Waals surface area contributed by atoms with Crippen LogP contribution in [-0.4, -0.2) is 28.3 Å². The molecule has 0 aliphatic carbocycles. The highest BCUT2D eigenvalue weighted by atomic mass is 35.5. The molecule has 5 heteroatoms. The van der Waals surface area contributed by atoms with Crippen molar-refractivity contribution in [2.75, 3.05) is 0 Å². The first kappa shape index (κ1) is 27.4. The lowest BCUT2D eigenvalue weighted by Gasteiger charge is -2.34. The van der Waals surface area contributed by atoms with Crippen LogP contribution in [0.15, 0.2) is 97.1 Å². The highest BCUT2D eigenvalue weighted by Crippen LogP contribution is 2.24. The molecule has 0 spiro atoms. The van der Waals surface area contributed by atoms with Crippen LogP contribution in [0.3, 0.4) is 0 Å². The molecule has 0 saturated heterocycles. The van der Waals surface area contributed by atoms with Gasteiger partial charge in [0.25, 0.3) is 0 Å². The first-order valence-electron chi connectivity index (χ1n) is 13.1. The Morgan fingerprint density at radius 3 is 2.18 bits per heavy atom. The Bertz CT molecular complexity index is 1390. The van der Waals surface area contributed by atoms with E-state index in [0.717, 1.165) is 27.5 Å². The van der Waals surface area contributed by atoms with Crippen molar-refractivity contribution < 1.29 is 9.59 Å². The van der Waals surface area contributed by atoms with Gasteiger partial charge >= 0.3 is 0 Å². The smallest absolute Gasteiger partial charge is 0.243 e. The maximum Gasteiger partial charge on any atom is 0.243 e. The lowest BCUT2D eigenvalue weighted by Crippen LogP contribution is -2.54. The summed E-state index contributed by atoms with van der Waals surface area (Å²) in [6.45, 7) is 6.10. The summed E-state index contributed by atoms with van der Waals surface area (Å²) in [5.41, 5.74) is 2.49. The summed E-state index contributed by atoms with van der Waals surface area (Å²) in [6, 6.07) is 31.0. The average molecular weight is 527 g/mol. The molecule has 4 nitrogen and oxygen atoms in total. The number of aryl methyl sites for hydroxylation is 1. The van der Waals surface area contributed by atoms with Gasteiger partial charge in [0.2, 0.25) is 11.8 Å². The number of benzene rings is 4. The van der Waals surface area contributed by atoms with E-state index in [9.17, 15) is 9.59 Å². The highest BCUT2D eigenvalue weighted by Gasteiger charge is 2.32. The minimum Gasteiger partial charge on any atom is -0.350 e. The second kappa shape index (κ2) is 12.3. The second-order valence-electron chi connectivity index (χ2n) is 10.7. The Kier molecular flexibility index (Phi) is 8.85. The molecule has 4 aromatic carbocycles. The summed E-state index contributed by atoms with van der Waals surface area (Å²) in [5, 5.41) is 5.98. The quantitative estimate of drug-likeness (QED) is 0.256. The van der Waals surface area contributed by atoms with Crippen LogP contribution in [0.25, 0.3) is 10.8 Å². The summed E-state index contributed by atoms with van der Waals surface area (Å²) in [5.74, 6) is -0.255. The number of hydrogen-bond acceptors (Lipinski definition) is 2. The van der Waals surface area contributed by atoms with E-state index >= 15 is 0 Å². The Labute approximate surface area is 230 Å². The molecule has 0 aliphatic rings. The van der Waals surface area contributed by atoms with Gasteiger partial charge in [-0.05, 0) is 60.7 Å². The van der Waals surface area contributed by atoms with E-state index in [2.05, 4.69) is 29.6 Å². The van der Waals surface area contributed by atoms with Gasteiger partial charge < -0.3 is 10.2 Å². The topological polar surface area (TPSA) is 49.4 Å². The maximum absolute atomic E-state index is 14.0. The molecule has 4 aromatic rings. The lowest BCUT2D eigenvalue weighted by atomic mass is 9.98. The molecule has 1 atom stereocenters. The van der Waals surface area contributed by atoms with E-state index in [0.29, 0.717) is 17.9 Å². The molecule has 0 aromatic heterocycles. The average Bonchev–Trinajstić information content (AvgIpc) is 2.90. The third kappa shape index (κ3) is 7.23. The van der Waals surface area contributed by atoms with Gasteiger partial charge in [-0.25, -0.2) is 0 Å². The van der Waals surface area contributed by atoms with Crippen LogP contribution in [0.5, 0.6) is 0 Å². The number of carbonyl (C=O) groups is 2. The summed E-state index contributed by atoms with van der Waals surface area (Å²) >= 11 is 6.52. The monoisotopic (exact) mass is 526 g/mol. The Morgan fingerprint density at radius 1 is 0.816 bits per heavy atom. The van der Waals surface area contributed by atoms with Crippen LogP contribution in [0.2, 0.25) is 5.02 Å². The number of nitrogens with zero attached hydrogens (tertiary/aromatic N) is 1. The van der Waals surface area contributed by atoms with Crippen LogP contribution >= 0.6 is 11.6 Å². The van der Waals surface area contributed by atoms with Gasteiger partial charge in [0.1, 0.15) is 6.04 Å². The van der Waals surface area contributed by atoms with Crippen LogP contribution in [0.4, 0.5) is 0 Å². The Balaban J connectivity index is 1.67. The summed E-state index contributed by atoms with van der Waals surface area (Å²) in [6.07, 6.45) is 1.28. The van der Waals surface area contributed by atoms with Crippen molar-refractivity contribution in [1.29, 1.82) is 0 Å². The Morgan fingerprint density at radius 2 is 1.45 bits per heavy atom. The summed E-state index contributed by atoms with van der Waals surface area (Å²) in [4.78, 5) is 29.4. The van der Waals surface area contributed by atoms with Crippen molar-refractivity contribution in [3.63, 3.8) is 0 Å². The van der Waals surface area contributed by atoms with Crippen molar-refractivity contribution >= 4 is 34.2 Å². The van der Waals surface area contributed by atoms with Crippen molar-refractivity contribution in [3.8, 4) is 0 Å². The number of carbonyl (C=O) groups excluding carboxylic acids is 2. The van der Waals surface area contributed by atoms with E-state index in [4.69, 9.17) is 11.6 Å². The fourth-order valence-corrected chi connectivity index (χ4v) is 4.91. The number of nitrogens with one attached hydrogen (secondary N) is 1. The molecule has 0 heterocycles. The largest absolute Gasteiger partial charge is 0.350 e. The van der Waals surface area contributed by atoms with E-state index in [1.807, 2.05) is 93.6 Å². The fourth-order valence-electron chi connectivity index (χ4n) is 4.71. The number of fused-ring (bicyclic) bond motifs is 1. The first-order valence-corrected chi connectivity index (χ1v) is 13.4. The van der Waals surface area contributed by atoms with Crippen LogP contribution in [0.1, 0.15) is 43.9 Å². The summed E-state index contributed by atoms with van der Waals surface area (Å²) in [7, 11) is 0. The molecule has 4 rings (SSSR count). The van der Waals surface area contributed by atoms with E-state index < -0.39 is 11.6 Å². The molecular weight excluding hydrogens is 492 g/mol. The van der Waals surface area contributed by atoms with Gasteiger partial charge in [-0.15, -0.1) is 0 Å². The zero-order chi connectivity index (χ0) is 27.1. The molecule has 2 amide bonds. The molecule has 0 aliphatic heterocycles. The molecule has 0 bridgehead atoms. The second-order valence-corrected chi connectivity index (χ2v) is 11.1. The van der Waals surface area contributed by atoms with Crippen molar-refractivity contribution in [3.05, 3.63) is 119 Å². The third-order valence-electron chi connectivity index (χ3n) is 6.56. The molecule has 0 radical (unpaired) electrons. The number of halogens is 1. The van der Waals surface area contributed by atoms with Gasteiger partial charge in [-0.3, -0.25) is 9.59 Å². The lowest BCUT2D eigenvalue weighted by molar-refractivity contribution is -0.141. The van der Waals surface area contributed by atoms with Gasteiger partial charge in [-0.1, -0.05) is 103 Å². The predicted octanol–water partition coefficient (Wildman–Crippen LogP) is 6.98. The Hall–Kier alpha value is -3.63. The number of amides is 2. The molecule has 1 N–H and O–H groups in total. The molecule has 0 saturated carbocycles. The van der Waals surface area contributed by atoms with Gasteiger partial charge in [-0.2, -0.15) is 0 Å². The van der Waals surface area contributed by atoms with Crippen molar-refractivity contribution in [1.82, 2.24) is 10.2 Å². The maximum atomic E-state index is 14.0.